The molecule has 4 heteroatoms. The summed E-state index contributed by atoms with van der Waals surface area (Å²) in [7, 11) is 0. The molecule has 1 rings (SSSR count). The van der Waals surface area contributed by atoms with Gasteiger partial charge in [-0.3, -0.25) is 0 Å². The maximum absolute atomic E-state index is 10.5. The van der Waals surface area contributed by atoms with Crippen LogP contribution in [0.4, 0.5) is 0 Å². The first-order valence-corrected chi connectivity index (χ1v) is 3.53. The maximum Gasteiger partial charge on any atom is 0.335 e. The van der Waals surface area contributed by atoms with E-state index in [9.17, 15) is 4.79 Å². The van der Waals surface area contributed by atoms with Gasteiger partial charge in [-0.15, -0.1) is 0 Å². The molecule has 0 saturated carbocycles. The van der Waals surface area contributed by atoms with Crippen LogP contribution in [0.25, 0.3) is 0 Å². The van der Waals surface area contributed by atoms with Crippen LogP contribution in [0.3, 0.4) is 0 Å². The summed E-state index contributed by atoms with van der Waals surface area (Å²) in [5.74, 6) is 3.88. The van der Waals surface area contributed by atoms with Gasteiger partial charge >= 0.3 is 5.97 Å². The molecule has 0 aliphatic heterocycles. The van der Waals surface area contributed by atoms with E-state index in [1.807, 2.05) is 0 Å². The Morgan fingerprint density at radius 1 is 1.62 bits per heavy atom. The Balaban J connectivity index is 2.98. The number of hydrogen-bond acceptors (Lipinski definition) is 3. The van der Waals surface area contributed by atoms with Gasteiger partial charge in [0.1, 0.15) is 12.3 Å². The SMILES string of the molecule is O=C(O)c1ccnc(C#CCO)c1. The van der Waals surface area contributed by atoms with Crippen LogP contribution < -0.4 is 0 Å². The summed E-state index contributed by atoms with van der Waals surface area (Å²) >= 11 is 0. The van der Waals surface area contributed by atoms with E-state index in [-0.39, 0.29) is 12.2 Å². The van der Waals surface area contributed by atoms with Crippen molar-refractivity contribution in [3.63, 3.8) is 0 Å². The molecule has 0 aliphatic carbocycles. The van der Waals surface area contributed by atoms with Crippen LogP contribution in [0.2, 0.25) is 0 Å². The average molecular weight is 177 g/mol. The van der Waals surface area contributed by atoms with E-state index in [4.69, 9.17) is 10.2 Å². The third-order valence-electron chi connectivity index (χ3n) is 1.30. The zero-order chi connectivity index (χ0) is 9.68. The number of pyridine rings is 1. The van der Waals surface area contributed by atoms with Gasteiger partial charge in [-0.25, -0.2) is 9.78 Å². The Morgan fingerprint density at radius 2 is 2.38 bits per heavy atom. The molecule has 0 aromatic carbocycles. The number of carboxylic acids is 1. The topological polar surface area (TPSA) is 70.4 Å². The summed E-state index contributed by atoms with van der Waals surface area (Å²) in [5, 5.41) is 17.0. The number of aliphatic hydroxyl groups is 1. The van der Waals surface area contributed by atoms with Crippen molar-refractivity contribution in [2.75, 3.05) is 6.61 Å². The van der Waals surface area contributed by atoms with E-state index in [2.05, 4.69) is 16.8 Å². The van der Waals surface area contributed by atoms with Crippen molar-refractivity contribution in [3.8, 4) is 11.8 Å². The molecule has 1 aromatic rings. The van der Waals surface area contributed by atoms with Gasteiger partial charge < -0.3 is 10.2 Å². The molecule has 1 aromatic heterocycles. The number of nitrogens with zero attached hydrogens (tertiary/aromatic N) is 1. The summed E-state index contributed by atoms with van der Waals surface area (Å²) in [6, 6.07) is 2.73. The molecule has 0 spiro atoms. The van der Waals surface area contributed by atoms with Gasteiger partial charge in [0.05, 0.1) is 5.56 Å². The van der Waals surface area contributed by atoms with Crippen molar-refractivity contribution in [1.29, 1.82) is 0 Å². The molecular weight excluding hydrogens is 170 g/mol. The fourth-order valence-electron chi connectivity index (χ4n) is 0.762. The molecule has 0 bridgehead atoms. The van der Waals surface area contributed by atoms with Gasteiger partial charge in [-0.1, -0.05) is 5.92 Å². The smallest absolute Gasteiger partial charge is 0.335 e. The summed E-state index contributed by atoms with van der Waals surface area (Å²) < 4.78 is 0. The normalized spacial score (nSPS) is 8.69. The van der Waals surface area contributed by atoms with E-state index in [1.54, 1.807) is 0 Å². The quantitative estimate of drug-likeness (QED) is 0.598. The summed E-state index contributed by atoms with van der Waals surface area (Å²) in [6.07, 6.45) is 1.37. The third-order valence-corrected chi connectivity index (χ3v) is 1.30. The Labute approximate surface area is 74.9 Å². The molecule has 4 nitrogen and oxygen atoms in total. The fraction of sp³-hybridized carbons (Fsp3) is 0.111. The molecule has 0 aliphatic rings. The molecule has 13 heavy (non-hydrogen) atoms. The van der Waals surface area contributed by atoms with Crippen LogP contribution in [-0.4, -0.2) is 27.8 Å². The standard InChI is InChI=1S/C9H7NO3/c11-5-1-2-8-6-7(9(12)13)3-4-10-8/h3-4,6,11H,5H2,(H,12,13). The van der Waals surface area contributed by atoms with Gasteiger partial charge in [0.2, 0.25) is 0 Å². The second kappa shape index (κ2) is 4.24. The first-order chi connectivity index (χ1) is 6.24. The Bertz CT molecular complexity index is 376. The van der Waals surface area contributed by atoms with Crippen molar-refractivity contribution in [2.24, 2.45) is 0 Å². The maximum atomic E-state index is 10.5. The minimum Gasteiger partial charge on any atom is -0.478 e. The van der Waals surface area contributed by atoms with E-state index in [1.165, 1.54) is 18.3 Å². The second-order valence-electron chi connectivity index (χ2n) is 2.19. The lowest BCUT2D eigenvalue weighted by atomic mass is 10.2. The molecule has 66 valence electrons. The van der Waals surface area contributed by atoms with Crippen LogP contribution in [0.5, 0.6) is 0 Å². The van der Waals surface area contributed by atoms with Crippen LogP contribution in [0.1, 0.15) is 16.1 Å². The summed E-state index contributed by atoms with van der Waals surface area (Å²) in [5.41, 5.74) is 0.478. The van der Waals surface area contributed by atoms with Crippen molar-refractivity contribution in [1.82, 2.24) is 4.98 Å². The molecule has 0 atom stereocenters. The lowest BCUT2D eigenvalue weighted by Crippen LogP contribution is -1.97. The van der Waals surface area contributed by atoms with Crippen LogP contribution in [0.15, 0.2) is 18.3 Å². The van der Waals surface area contributed by atoms with E-state index >= 15 is 0 Å². The fourth-order valence-corrected chi connectivity index (χ4v) is 0.762. The van der Waals surface area contributed by atoms with Crippen LogP contribution in [-0.2, 0) is 0 Å². The molecule has 0 fully saturated rings. The first kappa shape index (κ1) is 9.23. The molecule has 2 N–H and O–H groups in total. The van der Waals surface area contributed by atoms with Crippen LogP contribution in [0, 0.1) is 11.8 Å². The molecule has 0 amide bonds. The van der Waals surface area contributed by atoms with Crippen LogP contribution >= 0.6 is 0 Å². The van der Waals surface area contributed by atoms with Crippen molar-refractivity contribution < 1.29 is 15.0 Å². The largest absolute Gasteiger partial charge is 0.478 e. The number of carbonyl (C=O) groups is 1. The number of aromatic nitrogens is 1. The zero-order valence-corrected chi connectivity index (χ0v) is 6.69. The molecular formula is C9H7NO3. The van der Waals surface area contributed by atoms with E-state index < -0.39 is 5.97 Å². The predicted molar refractivity (Wildman–Crippen MR) is 45.2 cm³/mol. The van der Waals surface area contributed by atoms with Gasteiger partial charge in [0.15, 0.2) is 0 Å². The lowest BCUT2D eigenvalue weighted by Gasteiger charge is -1.93. The first-order valence-electron chi connectivity index (χ1n) is 3.53. The Kier molecular flexibility index (Phi) is 3.01. The Morgan fingerprint density at radius 3 is 3.00 bits per heavy atom. The highest BCUT2D eigenvalue weighted by molar-refractivity contribution is 5.87. The third kappa shape index (κ3) is 2.58. The van der Waals surface area contributed by atoms with E-state index in [0.29, 0.717) is 5.69 Å². The highest BCUT2D eigenvalue weighted by Crippen LogP contribution is 1.99. The molecule has 0 saturated heterocycles. The van der Waals surface area contributed by atoms with Gasteiger partial charge in [0, 0.05) is 6.20 Å². The van der Waals surface area contributed by atoms with E-state index in [0.717, 1.165) is 0 Å². The average Bonchev–Trinajstić information content (AvgIpc) is 2.15. The zero-order valence-electron chi connectivity index (χ0n) is 6.69. The Hall–Kier alpha value is -1.86. The number of aliphatic hydroxyl groups excluding tert-OH is 1. The van der Waals surface area contributed by atoms with Gasteiger partial charge in [0.25, 0.3) is 0 Å². The highest BCUT2D eigenvalue weighted by atomic mass is 16.4. The molecule has 0 radical (unpaired) electrons. The van der Waals surface area contributed by atoms with Gasteiger partial charge in [-0.2, -0.15) is 0 Å². The van der Waals surface area contributed by atoms with Crippen molar-refractivity contribution >= 4 is 5.97 Å². The number of hydrogen-bond donors (Lipinski definition) is 2. The number of aromatic carboxylic acids is 1. The molecule has 1 heterocycles. The monoisotopic (exact) mass is 177 g/mol. The summed E-state index contributed by atoms with van der Waals surface area (Å²) in [4.78, 5) is 14.3. The minimum absolute atomic E-state index is 0.136. The highest BCUT2D eigenvalue weighted by Gasteiger charge is 2.01. The minimum atomic E-state index is -1.02. The lowest BCUT2D eigenvalue weighted by molar-refractivity contribution is 0.0696. The van der Waals surface area contributed by atoms with Crippen molar-refractivity contribution in [2.45, 2.75) is 0 Å². The molecule has 0 unspecified atom stereocenters. The summed E-state index contributed by atoms with van der Waals surface area (Å²) in [6.45, 7) is -0.265. The second-order valence-corrected chi connectivity index (χ2v) is 2.19. The van der Waals surface area contributed by atoms with Crippen molar-refractivity contribution in [3.05, 3.63) is 29.6 Å². The van der Waals surface area contributed by atoms with Gasteiger partial charge in [-0.05, 0) is 18.1 Å². The predicted octanol–water partition coefficient (Wildman–Crippen LogP) is 0.124. The number of carboxylic acid groups (broad SMARTS) is 1. The number of rotatable bonds is 1.